The maximum Gasteiger partial charge on any atom is 0.315 e. The number of urea groups is 1. The van der Waals surface area contributed by atoms with E-state index < -0.39 is 5.41 Å². The number of carbonyl (C=O) groups is 2. The highest BCUT2D eigenvalue weighted by Crippen LogP contribution is 2.22. The Kier molecular flexibility index (Phi) is 6.71. The van der Waals surface area contributed by atoms with Crippen LogP contribution in [0.1, 0.15) is 82.1 Å². The Hall–Kier alpha value is -1.26. The molecule has 0 aliphatic rings. The summed E-state index contributed by atoms with van der Waals surface area (Å²) in [5.41, 5.74) is -1.33. The van der Waals surface area contributed by atoms with Gasteiger partial charge in [0.15, 0.2) is 0 Å². The zero-order valence-electron chi connectivity index (χ0n) is 16.7. The molecular weight excluding hydrogens is 290 g/mol. The van der Waals surface area contributed by atoms with Crippen molar-refractivity contribution in [2.75, 3.05) is 0 Å². The van der Waals surface area contributed by atoms with E-state index in [1.807, 2.05) is 69.2 Å². The largest absolute Gasteiger partial charge is 0.351 e. The van der Waals surface area contributed by atoms with Gasteiger partial charge in [0.05, 0.1) is 0 Å². The molecule has 5 nitrogen and oxygen atoms in total. The minimum atomic E-state index is -0.405. The molecule has 0 aliphatic carbocycles. The quantitative estimate of drug-likeness (QED) is 0.722. The van der Waals surface area contributed by atoms with E-state index in [1.165, 1.54) is 0 Å². The highest BCUT2D eigenvalue weighted by molar-refractivity contribution is 5.82. The topological polar surface area (TPSA) is 70.2 Å². The third-order valence-corrected chi connectivity index (χ3v) is 3.45. The fraction of sp³-hybridized carbons (Fsp3) is 0.889. The van der Waals surface area contributed by atoms with Crippen LogP contribution in [0, 0.1) is 5.41 Å². The molecule has 0 aromatic carbocycles. The molecule has 0 aromatic rings. The van der Waals surface area contributed by atoms with Gasteiger partial charge in [-0.15, -0.1) is 0 Å². The van der Waals surface area contributed by atoms with E-state index in [0.29, 0.717) is 0 Å². The van der Waals surface area contributed by atoms with Crippen LogP contribution in [-0.2, 0) is 4.79 Å². The summed E-state index contributed by atoms with van der Waals surface area (Å²) < 4.78 is 0. The minimum Gasteiger partial charge on any atom is -0.351 e. The number of hydrogen-bond donors (Lipinski definition) is 3. The molecule has 23 heavy (non-hydrogen) atoms. The summed E-state index contributed by atoms with van der Waals surface area (Å²) in [5, 5.41) is 9.00. The van der Waals surface area contributed by atoms with Crippen molar-refractivity contribution < 1.29 is 9.59 Å². The van der Waals surface area contributed by atoms with E-state index in [2.05, 4.69) is 16.0 Å². The molecule has 136 valence electrons. The summed E-state index contributed by atoms with van der Waals surface area (Å²) in [7, 11) is 0. The van der Waals surface area contributed by atoms with Crippen molar-refractivity contribution in [3.05, 3.63) is 0 Å². The Morgan fingerprint density at radius 1 is 0.652 bits per heavy atom. The first-order valence-electron chi connectivity index (χ1n) is 8.37. The SMILES string of the molecule is CC(C)(C)NC(=O)NC(C)(C)CCC(C)(C)NC(=O)C(C)(C)C. The summed E-state index contributed by atoms with van der Waals surface area (Å²) in [6.45, 7) is 19.6. The summed E-state index contributed by atoms with van der Waals surface area (Å²) in [4.78, 5) is 24.2. The normalized spacial score (nSPS) is 13.5. The maximum absolute atomic E-state index is 12.1. The minimum absolute atomic E-state index is 0.0405. The number of carbonyl (C=O) groups excluding carboxylic acids is 2. The smallest absolute Gasteiger partial charge is 0.315 e. The first-order chi connectivity index (χ1) is 9.94. The van der Waals surface area contributed by atoms with Gasteiger partial charge in [-0.05, 0) is 61.3 Å². The third kappa shape index (κ3) is 10.2. The van der Waals surface area contributed by atoms with Crippen LogP contribution in [-0.4, -0.2) is 28.6 Å². The van der Waals surface area contributed by atoms with Gasteiger partial charge in [-0.1, -0.05) is 20.8 Å². The Morgan fingerprint density at radius 2 is 1.04 bits per heavy atom. The molecule has 0 aliphatic heterocycles. The first kappa shape index (κ1) is 21.7. The highest BCUT2D eigenvalue weighted by atomic mass is 16.2. The average Bonchev–Trinajstić information content (AvgIpc) is 2.21. The van der Waals surface area contributed by atoms with Crippen LogP contribution in [0.25, 0.3) is 0 Å². The van der Waals surface area contributed by atoms with Crippen molar-refractivity contribution in [1.82, 2.24) is 16.0 Å². The monoisotopic (exact) mass is 327 g/mol. The Balaban J connectivity index is 4.57. The second-order valence-corrected chi connectivity index (χ2v) is 9.80. The molecule has 0 fully saturated rings. The molecule has 0 atom stereocenters. The van der Waals surface area contributed by atoms with Gasteiger partial charge in [-0.3, -0.25) is 4.79 Å². The van der Waals surface area contributed by atoms with Crippen molar-refractivity contribution in [2.24, 2.45) is 5.41 Å². The zero-order valence-corrected chi connectivity index (χ0v) is 16.7. The van der Waals surface area contributed by atoms with E-state index >= 15 is 0 Å². The van der Waals surface area contributed by atoms with Gasteiger partial charge in [0.2, 0.25) is 5.91 Å². The number of rotatable bonds is 5. The summed E-state index contributed by atoms with van der Waals surface area (Å²) >= 11 is 0. The van der Waals surface area contributed by atoms with E-state index in [-0.39, 0.29) is 28.6 Å². The molecule has 0 bridgehead atoms. The fourth-order valence-electron chi connectivity index (χ4n) is 1.92. The molecule has 0 rings (SSSR count). The number of nitrogens with one attached hydrogen (secondary N) is 3. The van der Waals surface area contributed by atoms with Gasteiger partial charge in [0, 0.05) is 22.0 Å². The molecular formula is C18H37N3O2. The Bertz CT molecular complexity index is 427. The molecule has 0 heterocycles. The van der Waals surface area contributed by atoms with Gasteiger partial charge >= 0.3 is 6.03 Å². The van der Waals surface area contributed by atoms with Crippen LogP contribution in [0.2, 0.25) is 0 Å². The second-order valence-electron chi connectivity index (χ2n) is 9.80. The second kappa shape index (κ2) is 7.10. The van der Waals surface area contributed by atoms with E-state index in [0.717, 1.165) is 12.8 Å². The van der Waals surface area contributed by atoms with Crippen LogP contribution in [0.4, 0.5) is 4.79 Å². The summed E-state index contributed by atoms with van der Waals surface area (Å²) in [6, 6.07) is -0.168. The molecule has 5 heteroatoms. The first-order valence-corrected chi connectivity index (χ1v) is 8.37. The van der Waals surface area contributed by atoms with Crippen LogP contribution >= 0.6 is 0 Å². The molecule has 3 amide bonds. The molecule has 0 saturated heterocycles. The van der Waals surface area contributed by atoms with E-state index in [1.54, 1.807) is 0 Å². The lowest BCUT2D eigenvalue weighted by atomic mass is 9.87. The molecule has 0 radical (unpaired) electrons. The lowest BCUT2D eigenvalue weighted by molar-refractivity contribution is -0.130. The molecule has 0 saturated carbocycles. The Morgan fingerprint density at radius 3 is 1.39 bits per heavy atom. The standard InChI is InChI=1S/C18H37N3O2/c1-15(2,3)13(22)19-17(7,8)11-12-18(9,10)21-14(23)20-16(4,5)6/h11-12H2,1-10H3,(H,19,22)(H2,20,21,23). The predicted molar refractivity (Wildman–Crippen MR) is 96.4 cm³/mol. The van der Waals surface area contributed by atoms with Crippen LogP contribution in [0.5, 0.6) is 0 Å². The summed E-state index contributed by atoms with van der Waals surface area (Å²) in [5.74, 6) is 0.0405. The van der Waals surface area contributed by atoms with Crippen molar-refractivity contribution in [2.45, 2.75) is 98.7 Å². The van der Waals surface area contributed by atoms with Gasteiger partial charge < -0.3 is 16.0 Å². The van der Waals surface area contributed by atoms with Gasteiger partial charge in [-0.25, -0.2) is 4.79 Å². The van der Waals surface area contributed by atoms with E-state index in [4.69, 9.17) is 0 Å². The van der Waals surface area contributed by atoms with Crippen molar-refractivity contribution in [3.8, 4) is 0 Å². The lowest BCUT2D eigenvalue weighted by Crippen LogP contribution is -2.54. The number of hydrogen-bond acceptors (Lipinski definition) is 2. The van der Waals surface area contributed by atoms with Crippen molar-refractivity contribution in [1.29, 1.82) is 0 Å². The molecule has 0 unspecified atom stereocenters. The fourth-order valence-corrected chi connectivity index (χ4v) is 1.92. The van der Waals surface area contributed by atoms with Gasteiger partial charge in [0.1, 0.15) is 0 Å². The van der Waals surface area contributed by atoms with Gasteiger partial charge in [0.25, 0.3) is 0 Å². The van der Waals surface area contributed by atoms with Gasteiger partial charge in [-0.2, -0.15) is 0 Å². The molecule has 0 aromatic heterocycles. The molecule has 3 N–H and O–H groups in total. The van der Waals surface area contributed by atoms with Crippen LogP contribution < -0.4 is 16.0 Å². The van der Waals surface area contributed by atoms with Crippen molar-refractivity contribution in [3.63, 3.8) is 0 Å². The average molecular weight is 328 g/mol. The Labute approximate surface area is 142 Å². The number of amides is 3. The predicted octanol–water partition coefficient (Wildman–Crippen LogP) is 3.58. The maximum atomic E-state index is 12.1. The highest BCUT2D eigenvalue weighted by Gasteiger charge is 2.30. The van der Waals surface area contributed by atoms with Crippen LogP contribution in [0.15, 0.2) is 0 Å². The molecule has 0 spiro atoms. The third-order valence-electron chi connectivity index (χ3n) is 3.45. The van der Waals surface area contributed by atoms with Crippen molar-refractivity contribution >= 4 is 11.9 Å². The zero-order chi connectivity index (χ0) is 18.7. The van der Waals surface area contributed by atoms with Crippen LogP contribution in [0.3, 0.4) is 0 Å². The summed E-state index contributed by atoms with van der Waals surface area (Å²) in [6.07, 6.45) is 1.54. The lowest BCUT2D eigenvalue weighted by Gasteiger charge is -2.35. The van der Waals surface area contributed by atoms with E-state index in [9.17, 15) is 9.59 Å².